The normalized spacial score (nSPS) is 13.1. The summed E-state index contributed by atoms with van der Waals surface area (Å²) in [5.41, 5.74) is 1.30. The second kappa shape index (κ2) is 3.53. The second-order valence-corrected chi connectivity index (χ2v) is 3.37. The molecule has 0 spiro atoms. The van der Waals surface area contributed by atoms with Crippen molar-refractivity contribution in [3.8, 4) is 23.0 Å². The first-order valence-electron chi connectivity index (χ1n) is 4.82. The van der Waals surface area contributed by atoms with Crippen molar-refractivity contribution in [1.82, 2.24) is 4.98 Å². The number of aliphatic hydroxyl groups excluding tert-OH is 1. The Kier molecular flexibility index (Phi) is 2.04. The summed E-state index contributed by atoms with van der Waals surface area (Å²) in [5, 5.41) is 8.89. The summed E-state index contributed by atoms with van der Waals surface area (Å²) in [6.45, 7) is 0.111. The number of hydrogen-bond acceptors (Lipinski definition) is 5. The molecule has 0 saturated heterocycles. The SMILES string of the molecule is OCc1coc(-c2ccc3c(c2)OCO3)n1. The molecule has 1 aromatic carbocycles. The van der Waals surface area contributed by atoms with Gasteiger partial charge in [-0.3, -0.25) is 0 Å². The molecule has 3 rings (SSSR count). The third-order valence-electron chi connectivity index (χ3n) is 2.33. The molecule has 0 saturated carbocycles. The van der Waals surface area contributed by atoms with Crippen LogP contribution < -0.4 is 9.47 Å². The minimum atomic E-state index is -0.131. The van der Waals surface area contributed by atoms with Crippen molar-refractivity contribution in [1.29, 1.82) is 0 Å². The van der Waals surface area contributed by atoms with Crippen LogP contribution in [0.4, 0.5) is 0 Å². The molecule has 5 nitrogen and oxygen atoms in total. The largest absolute Gasteiger partial charge is 0.454 e. The number of oxazole rings is 1. The average Bonchev–Trinajstić information content (AvgIpc) is 2.96. The summed E-state index contributed by atoms with van der Waals surface area (Å²) in [5.74, 6) is 1.86. The van der Waals surface area contributed by atoms with Crippen LogP contribution in [0.15, 0.2) is 28.9 Å². The van der Waals surface area contributed by atoms with Crippen LogP contribution >= 0.6 is 0 Å². The summed E-state index contributed by atoms with van der Waals surface area (Å²) in [4.78, 5) is 4.11. The van der Waals surface area contributed by atoms with E-state index in [1.807, 2.05) is 6.07 Å². The fourth-order valence-corrected chi connectivity index (χ4v) is 1.54. The summed E-state index contributed by atoms with van der Waals surface area (Å²) in [6.07, 6.45) is 1.43. The molecule has 16 heavy (non-hydrogen) atoms. The van der Waals surface area contributed by atoms with E-state index in [1.54, 1.807) is 12.1 Å². The van der Waals surface area contributed by atoms with Crippen LogP contribution in [0.3, 0.4) is 0 Å². The molecular formula is C11H9NO4. The van der Waals surface area contributed by atoms with E-state index >= 15 is 0 Å². The molecule has 2 aromatic rings. The van der Waals surface area contributed by atoms with Crippen molar-refractivity contribution < 1.29 is 19.0 Å². The Morgan fingerprint density at radius 2 is 2.12 bits per heavy atom. The zero-order chi connectivity index (χ0) is 11.0. The lowest BCUT2D eigenvalue weighted by Crippen LogP contribution is -1.92. The molecule has 1 aliphatic rings. The van der Waals surface area contributed by atoms with E-state index in [0.29, 0.717) is 17.3 Å². The second-order valence-electron chi connectivity index (χ2n) is 3.37. The predicted octanol–water partition coefficient (Wildman–Crippen LogP) is 1.56. The molecule has 5 heteroatoms. The highest BCUT2D eigenvalue weighted by Crippen LogP contribution is 2.35. The minimum Gasteiger partial charge on any atom is -0.454 e. The fourth-order valence-electron chi connectivity index (χ4n) is 1.54. The van der Waals surface area contributed by atoms with E-state index in [1.165, 1.54) is 6.26 Å². The van der Waals surface area contributed by atoms with Gasteiger partial charge in [-0.25, -0.2) is 4.98 Å². The van der Waals surface area contributed by atoms with Crippen molar-refractivity contribution >= 4 is 0 Å². The predicted molar refractivity (Wildman–Crippen MR) is 54.0 cm³/mol. The fraction of sp³-hybridized carbons (Fsp3) is 0.182. The molecule has 2 heterocycles. The first kappa shape index (κ1) is 9.23. The van der Waals surface area contributed by atoms with Gasteiger partial charge in [-0.1, -0.05) is 0 Å². The summed E-state index contributed by atoms with van der Waals surface area (Å²) in [7, 11) is 0. The van der Waals surface area contributed by atoms with Gasteiger partial charge in [0, 0.05) is 5.56 Å². The smallest absolute Gasteiger partial charge is 0.231 e. The Hall–Kier alpha value is -2.01. The summed E-state index contributed by atoms with van der Waals surface area (Å²) < 4.78 is 15.7. The van der Waals surface area contributed by atoms with Gasteiger partial charge in [-0.2, -0.15) is 0 Å². The lowest BCUT2D eigenvalue weighted by atomic mass is 10.2. The van der Waals surface area contributed by atoms with E-state index in [2.05, 4.69) is 4.98 Å². The molecule has 0 bridgehead atoms. The molecule has 0 amide bonds. The number of rotatable bonds is 2. The molecule has 0 unspecified atom stereocenters. The number of nitrogens with zero attached hydrogens (tertiary/aromatic N) is 1. The van der Waals surface area contributed by atoms with E-state index < -0.39 is 0 Å². The molecular weight excluding hydrogens is 210 g/mol. The molecule has 1 aliphatic heterocycles. The summed E-state index contributed by atoms with van der Waals surface area (Å²) >= 11 is 0. The van der Waals surface area contributed by atoms with Gasteiger partial charge in [-0.15, -0.1) is 0 Å². The van der Waals surface area contributed by atoms with Crippen molar-refractivity contribution in [2.24, 2.45) is 0 Å². The van der Waals surface area contributed by atoms with E-state index in [4.69, 9.17) is 19.0 Å². The van der Waals surface area contributed by atoms with Crippen molar-refractivity contribution in [2.75, 3.05) is 6.79 Å². The Morgan fingerprint density at radius 1 is 1.25 bits per heavy atom. The van der Waals surface area contributed by atoms with Crippen LogP contribution in [0.1, 0.15) is 5.69 Å². The highest BCUT2D eigenvalue weighted by Gasteiger charge is 2.15. The quantitative estimate of drug-likeness (QED) is 0.830. The lowest BCUT2D eigenvalue weighted by Gasteiger charge is -1.98. The van der Waals surface area contributed by atoms with Crippen LogP contribution in [0, 0.1) is 0 Å². The Labute approximate surface area is 91.2 Å². The molecule has 82 valence electrons. The van der Waals surface area contributed by atoms with Gasteiger partial charge in [0.05, 0.1) is 6.61 Å². The molecule has 1 aromatic heterocycles. The van der Waals surface area contributed by atoms with Crippen LogP contribution in [0.5, 0.6) is 11.5 Å². The highest BCUT2D eigenvalue weighted by atomic mass is 16.7. The number of benzene rings is 1. The Bertz CT molecular complexity index is 520. The maximum absolute atomic E-state index is 8.89. The molecule has 1 N–H and O–H groups in total. The lowest BCUT2D eigenvalue weighted by molar-refractivity contribution is 0.174. The Morgan fingerprint density at radius 3 is 2.94 bits per heavy atom. The van der Waals surface area contributed by atoms with E-state index in [0.717, 1.165) is 11.3 Å². The maximum Gasteiger partial charge on any atom is 0.231 e. The van der Waals surface area contributed by atoms with Crippen molar-refractivity contribution in [3.05, 3.63) is 30.2 Å². The van der Waals surface area contributed by atoms with E-state index in [9.17, 15) is 0 Å². The zero-order valence-corrected chi connectivity index (χ0v) is 8.34. The van der Waals surface area contributed by atoms with Crippen LogP contribution in [-0.4, -0.2) is 16.9 Å². The average molecular weight is 219 g/mol. The number of aliphatic hydroxyl groups is 1. The number of fused-ring (bicyclic) bond motifs is 1. The standard InChI is InChI=1S/C11H9NO4/c13-4-8-5-14-11(12-8)7-1-2-9-10(3-7)16-6-15-9/h1-3,5,13H,4,6H2. The molecule has 0 atom stereocenters. The number of hydrogen-bond donors (Lipinski definition) is 1. The third kappa shape index (κ3) is 1.42. The minimum absolute atomic E-state index is 0.131. The van der Waals surface area contributed by atoms with Crippen LogP contribution in [0.2, 0.25) is 0 Å². The summed E-state index contributed by atoms with van der Waals surface area (Å²) in [6, 6.07) is 5.44. The maximum atomic E-state index is 8.89. The third-order valence-corrected chi connectivity index (χ3v) is 2.33. The molecule has 0 aliphatic carbocycles. The van der Waals surface area contributed by atoms with Gasteiger partial charge in [0.15, 0.2) is 11.5 Å². The topological polar surface area (TPSA) is 64.7 Å². The monoisotopic (exact) mass is 219 g/mol. The molecule has 0 radical (unpaired) electrons. The van der Waals surface area contributed by atoms with Gasteiger partial charge in [0.2, 0.25) is 12.7 Å². The van der Waals surface area contributed by atoms with Crippen molar-refractivity contribution in [3.63, 3.8) is 0 Å². The zero-order valence-electron chi connectivity index (χ0n) is 8.34. The van der Waals surface area contributed by atoms with Crippen molar-refractivity contribution in [2.45, 2.75) is 6.61 Å². The Balaban J connectivity index is 2.00. The number of aromatic nitrogens is 1. The van der Waals surface area contributed by atoms with Gasteiger partial charge in [0.1, 0.15) is 12.0 Å². The first-order chi connectivity index (χ1) is 7.86. The van der Waals surface area contributed by atoms with E-state index in [-0.39, 0.29) is 13.4 Å². The highest BCUT2D eigenvalue weighted by molar-refractivity contribution is 5.60. The molecule has 0 fully saturated rings. The van der Waals surface area contributed by atoms with Gasteiger partial charge in [0.25, 0.3) is 0 Å². The van der Waals surface area contributed by atoms with Crippen LogP contribution in [0.25, 0.3) is 11.5 Å². The number of ether oxygens (including phenoxy) is 2. The first-order valence-corrected chi connectivity index (χ1v) is 4.82. The van der Waals surface area contributed by atoms with Gasteiger partial charge >= 0.3 is 0 Å². The van der Waals surface area contributed by atoms with Gasteiger partial charge < -0.3 is 19.0 Å². The van der Waals surface area contributed by atoms with Crippen LogP contribution in [-0.2, 0) is 6.61 Å². The van der Waals surface area contributed by atoms with Gasteiger partial charge in [-0.05, 0) is 18.2 Å².